The summed E-state index contributed by atoms with van der Waals surface area (Å²) in [5.41, 5.74) is 8.38. The van der Waals surface area contributed by atoms with Gasteiger partial charge in [-0.05, 0) is 72.2 Å². The molecule has 0 atom stereocenters. The minimum absolute atomic E-state index is 0.0869. The Morgan fingerprint density at radius 1 is 0.923 bits per heavy atom. The molecule has 3 rings (SSSR count). The van der Waals surface area contributed by atoms with Crippen molar-refractivity contribution in [2.45, 2.75) is 13.8 Å². The summed E-state index contributed by atoms with van der Waals surface area (Å²) in [6.45, 7) is 4.00. The Balaban J connectivity index is 1.66. The summed E-state index contributed by atoms with van der Waals surface area (Å²) >= 11 is 5.20. The van der Waals surface area contributed by atoms with Gasteiger partial charge in [-0.3, -0.25) is 15.6 Å². The first kappa shape index (κ1) is 17.7. The molecule has 0 radical (unpaired) electrons. The molecule has 1 amide bonds. The topological polar surface area (TPSA) is 73.4 Å². The summed E-state index contributed by atoms with van der Waals surface area (Å²) in [6.07, 6.45) is 0. The standard InChI is InChI=1S/C20H19N3O2S/c1-12-7-13(2)9-16(8-12)21-20(26)23-22-19(25)17-10-14-5-3-4-6-15(14)11-18(17)24/h3-11,24H,1-2H3,(H,22,25)(H2,21,23,26). The molecule has 26 heavy (non-hydrogen) atoms. The van der Waals surface area contributed by atoms with Gasteiger partial charge in [0.2, 0.25) is 0 Å². The maximum atomic E-state index is 12.4. The monoisotopic (exact) mass is 365 g/mol. The Morgan fingerprint density at radius 2 is 1.54 bits per heavy atom. The number of carbonyl (C=O) groups is 1. The number of hydrogen-bond acceptors (Lipinski definition) is 3. The van der Waals surface area contributed by atoms with Crippen molar-refractivity contribution in [1.29, 1.82) is 0 Å². The highest BCUT2D eigenvalue weighted by atomic mass is 32.1. The maximum absolute atomic E-state index is 12.4. The average molecular weight is 365 g/mol. The van der Waals surface area contributed by atoms with Crippen molar-refractivity contribution in [2.75, 3.05) is 5.32 Å². The third kappa shape index (κ3) is 4.10. The van der Waals surface area contributed by atoms with Gasteiger partial charge in [-0.15, -0.1) is 0 Å². The summed E-state index contributed by atoms with van der Waals surface area (Å²) in [5.74, 6) is -0.561. The first-order valence-electron chi connectivity index (χ1n) is 8.10. The molecule has 0 aliphatic rings. The quantitative estimate of drug-likeness (QED) is 0.411. The van der Waals surface area contributed by atoms with Gasteiger partial charge < -0.3 is 10.4 Å². The molecule has 6 heteroatoms. The highest BCUT2D eigenvalue weighted by molar-refractivity contribution is 7.80. The van der Waals surface area contributed by atoms with Crippen molar-refractivity contribution >= 4 is 39.7 Å². The SMILES string of the molecule is Cc1cc(C)cc(NC(=S)NNC(=O)c2cc3ccccc3cc2O)c1. The number of nitrogens with one attached hydrogen (secondary N) is 3. The Hall–Kier alpha value is -3.12. The molecular weight excluding hydrogens is 346 g/mol. The predicted octanol–water partition coefficient (Wildman–Crippen LogP) is 3.79. The van der Waals surface area contributed by atoms with E-state index in [1.165, 1.54) is 0 Å². The number of rotatable bonds is 2. The van der Waals surface area contributed by atoms with Crippen molar-refractivity contribution in [3.8, 4) is 5.75 Å². The molecule has 0 saturated carbocycles. The van der Waals surface area contributed by atoms with Gasteiger partial charge in [-0.2, -0.15) is 0 Å². The molecule has 3 aromatic rings. The molecule has 132 valence electrons. The van der Waals surface area contributed by atoms with Crippen LogP contribution in [0.2, 0.25) is 0 Å². The minimum atomic E-state index is -0.474. The molecule has 0 spiro atoms. The normalized spacial score (nSPS) is 10.4. The van der Waals surface area contributed by atoms with E-state index in [9.17, 15) is 9.90 Å². The lowest BCUT2D eigenvalue weighted by molar-refractivity contribution is 0.0941. The van der Waals surface area contributed by atoms with E-state index in [-0.39, 0.29) is 16.4 Å². The number of hydrazine groups is 1. The fourth-order valence-electron chi connectivity index (χ4n) is 2.80. The van der Waals surface area contributed by atoms with Crippen LogP contribution < -0.4 is 16.2 Å². The zero-order chi connectivity index (χ0) is 18.7. The zero-order valence-corrected chi connectivity index (χ0v) is 15.3. The number of aromatic hydroxyl groups is 1. The second-order valence-electron chi connectivity index (χ2n) is 6.13. The molecule has 0 aromatic heterocycles. The van der Waals surface area contributed by atoms with E-state index < -0.39 is 5.91 Å². The summed E-state index contributed by atoms with van der Waals surface area (Å²) < 4.78 is 0. The fourth-order valence-corrected chi connectivity index (χ4v) is 2.97. The zero-order valence-electron chi connectivity index (χ0n) is 14.5. The van der Waals surface area contributed by atoms with E-state index in [0.717, 1.165) is 27.6 Å². The smallest absolute Gasteiger partial charge is 0.273 e. The maximum Gasteiger partial charge on any atom is 0.273 e. The van der Waals surface area contributed by atoms with Crippen molar-refractivity contribution in [3.05, 3.63) is 71.3 Å². The average Bonchev–Trinajstić information content (AvgIpc) is 2.58. The fraction of sp³-hybridized carbons (Fsp3) is 0.100. The van der Waals surface area contributed by atoms with Crippen LogP contribution in [0.25, 0.3) is 10.8 Å². The van der Waals surface area contributed by atoms with Crippen LogP contribution in [-0.2, 0) is 0 Å². The van der Waals surface area contributed by atoms with E-state index in [4.69, 9.17) is 12.2 Å². The van der Waals surface area contributed by atoms with Gasteiger partial charge in [0, 0.05) is 5.69 Å². The second-order valence-corrected chi connectivity index (χ2v) is 6.53. The third-order valence-electron chi connectivity index (χ3n) is 3.88. The number of aryl methyl sites for hydroxylation is 2. The first-order chi connectivity index (χ1) is 12.4. The lowest BCUT2D eigenvalue weighted by Crippen LogP contribution is -2.43. The van der Waals surface area contributed by atoms with E-state index >= 15 is 0 Å². The molecule has 5 nitrogen and oxygen atoms in total. The number of amides is 1. The number of hydrogen-bond donors (Lipinski definition) is 4. The Morgan fingerprint density at radius 3 is 2.19 bits per heavy atom. The minimum Gasteiger partial charge on any atom is -0.507 e. The van der Waals surface area contributed by atoms with Gasteiger partial charge in [-0.25, -0.2) is 0 Å². The van der Waals surface area contributed by atoms with Gasteiger partial charge in [0.25, 0.3) is 5.91 Å². The van der Waals surface area contributed by atoms with Crippen LogP contribution in [0.4, 0.5) is 5.69 Å². The van der Waals surface area contributed by atoms with E-state index in [1.54, 1.807) is 12.1 Å². The van der Waals surface area contributed by atoms with E-state index in [0.29, 0.717) is 0 Å². The Bertz CT molecular complexity index is 981. The van der Waals surface area contributed by atoms with Crippen LogP contribution in [0.1, 0.15) is 21.5 Å². The van der Waals surface area contributed by atoms with Crippen LogP contribution in [-0.4, -0.2) is 16.1 Å². The third-order valence-corrected chi connectivity index (χ3v) is 4.08. The number of fused-ring (bicyclic) bond motifs is 1. The van der Waals surface area contributed by atoms with Gasteiger partial charge in [-0.1, -0.05) is 30.3 Å². The lowest BCUT2D eigenvalue weighted by Gasteiger charge is -2.13. The van der Waals surface area contributed by atoms with Crippen molar-refractivity contribution in [1.82, 2.24) is 10.9 Å². The number of phenolic OH excluding ortho intramolecular Hbond substituents is 1. The van der Waals surface area contributed by atoms with Gasteiger partial charge in [0.15, 0.2) is 5.11 Å². The summed E-state index contributed by atoms with van der Waals surface area (Å²) in [4.78, 5) is 12.4. The van der Waals surface area contributed by atoms with Crippen LogP contribution >= 0.6 is 12.2 Å². The number of carbonyl (C=O) groups excluding carboxylic acids is 1. The molecular formula is C20H19N3O2S. The number of anilines is 1. The number of phenols is 1. The molecule has 3 aromatic carbocycles. The first-order valence-corrected chi connectivity index (χ1v) is 8.50. The molecule has 0 bridgehead atoms. The number of thiocarbonyl (C=S) groups is 1. The Labute approximate surface area is 157 Å². The van der Waals surface area contributed by atoms with Crippen LogP contribution in [0, 0.1) is 13.8 Å². The van der Waals surface area contributed by atoms with Gasteiger partial charge in [0.05, 0.1) is 5.56 Å². The summed E-state index contributed by atoms with van der Waals surface area (Å²) in [5, 5.41) is 15.1. The van der Waals surface area contributed by atoms with Crippen LogP contribution in [0.5, 0.6) is 5.75 Å². The molecule has 0 aliphatic carbocycles. The second kappa shape index (κ2) is 7.41. The van der Waals surface area contributed by atoms with E-state index in [2.05, 4.69) is 22.2 Å². The van der Waals surface area contributed by atoms with Gasteiger partial charge >= 0.3 is 0 Å². The van der Waals surface area contributed by atoms with Crippen LogP contribution in [0.3, 0.4) is 0 Å². The molecule has 0 fully saturated rings. The lowest BCUT2D eigenvalue weighted by atomic mass is 10.1. The molecule has 0 unspecified atom stereocenters. The highest BCUT2D eigenvalue weighted by Crippen LogP contribution is 2.24. The summed E-state index contributed by atoms with van der Waals surface area (Å²) in [6, 6.07) is 16.7. The van der Waals surface area contributed by atoms with Crippen molar-refractivity contribution in [3.63, 3.8) is 0 Å². The number of benzene rings is 3. The predicted molar refractivity (Wildman–Crippen MR) is 108 cm³/mol. The van der Waals surface area contributed by atoms with E-state index in [1.807, 2.05) is 50.2 Å². The van der Waals surface area contributed by atoms with Crippen molar-refractivity contribution in [2.24, 2.45) is 0 Å². The van der Waals surface area contributed by atoms with Crippen LogP contribution in [0.15, 0.2) is 54.6 Å². The molecule has 0 aliphatic heterocycles. The Kier molecular flexibility index (Phi) is 5.04. The molecule has 0 heterocycles. The molecule has 0 saturated heterocycles. The van der Waals surface area contributed by atoms with Crippen molar-refractivity contribution < 1.29 is 9.90 Å². The molecule has 4 N–H and O–H groups in total. The van der Waals surface area contributed by atoms with Gasteiger partial charge in [0.1, 0.15) is 5.75 Å². The highest BCUT2D eigenvalue weighted by Gasteiger charge is 2.12. The summed E-state index contributed by atoms with van der Waals surface area (Å²) in [7, 11) is 0. The largest absolute Gasteiger partial charge is 0.507 e.